The van der Waals surface area contributed by atoms with Crippen molar-refractivity contribution in [3.05, 3.63) is 151 Å². The summed E-state index contributed by atoms with van der Waals surface area (Å²) >= 11 is 22.9. The Kier molecular flexibility index (Phi) is 30.8. The quantitative estimate of drug-likeness (QED) is 0.0223. The van der Waals surface area contributed by atoms with Gasteiger partial charge in [-0.1, -0.05) is 35.4 Å². The predicted molar refractivity (Wildman–Crippen MR) is 353 cm³/mol. The number of pyridine rings is 2. The van der Waals surface area contributed by atoms with E-state index in [1.54, 1.807) is 25.3 Å². The number of urea groups is 1. The number of benzene rings is 3. The first-order chi connectivity index (χ1) is 38.7. The Labute approximate surface area is 526 Å². The molecule has 2 atom stereocenters. The van der Waals surface area contributed by atoms with Crippen LogP contribution in [-0.4, -0.2) is 105 Å². The molecule has 5 aromatic rings. The van der Waals surface area contributed by atoms with Crippen molar-refractivity contribution in [1.29, 1.82) is 0 Å². The molecule has 3 amide bonds. The number of carbonyl (C=O) groups is 2. The van der Waals surface area contributed by atoms with E-state index in [2.05, 4.69) is 106 Å². The number of hydrogen-bond donors (Lipinski definition) is 7. The number of carbonyl (C=O) groups excluding carboxylic acids is 2. The van der Waals surface area contributed by atoms with E-state index in [4.69, 9.17) is 47.6 Å². The van der Waals surface area contributed by atoms with Crippen LogP contribution < -0.4 is 30.2 Å². The van der Waals surface area contributed by atoms with Gasteiger partial charge in [0.1, 0.15) is 29.5 Å². The van der Waals surface area contributed by atoms with Crippen molar-refractivity contribution in [1.82, 2.24) is 20.2 Å². The minimum Gasteiger partial charge on any atom is -0.393 e. The Morgan fingerprint density at radius 1 is 0.756 bits per heavy atom. The molecule has 0 unspecified atom stereocenters. The van der Waals surface area contributed by atoms with Crippen LogP contribution in [0.4, 0.5) is 53.0 Å². The fourth-order valence-electron chi connectivity index (χ4n) is 7.17. The van der Waals surface area contributed by atoms with Crippen LogP contribution in [0.5, 0.6) is 17.2 Å². The average molecular weight is 1870 g/mol. The summed E-state index contributed by atoms with van der Waals surface area (Å²) in [6.45, 7) is 4.74. The Morgan fingerprint density at radius 2 is 1.23 bits per heavy atom. The maximum absolute atomic E-state index is 13.1. The van der Waals surface area contributed by atoms with Gasteiger partial charge in [-0.2, -0.15) is 26.3 Å². The van der Waals surface area contributed by atoms with Gasteiger partial charge in [0, 0.05) is 78.8 Å². The molecule has 2 aliphatic heterocycles. The first-order valence-corrected chi connectivity index (χ1v) is 55.9. The zero-order valence-corrected chi connectivity index (χ0v) is 57.1. The number of amides is 3. The molecule has 0 bridgehead atoms. The van der Waals surface area contributed by atoms with Crippen LogP contribution in [0, 0.1) is 10.1 Å². The molecule has 0 saturated heterocycles. The van der Waals surface area contributed by atoms with E-state index < -0.39 is 65.1 Å². The average Bonchev–Trinajstić information content (AvgIpc) is 3.57. The number of hydrogen-bond acceptors (Lipinski definition) is 14. The van der Waals surface area contributed by atoms with E-state index in [-0.39, 0.29) is 70.7 Å². The third-order valence-electron chi connectivity index (χ3n) is 11.0. The molecule has 7 N–H and O–H groups in total. The number of alkyl halides is 6. The number of nitro groups is 1. The van der Waals surface area contributed by atoms with Gasteiger partial charge in [0.05, 0.1) is 63.9 Å². The number of halogens is 14. The Hall–Kier alpha value is -2.68. The zero-order chi connectivity index (χ0) is 60.9. The van der Waals surface area contributed by atoms with Crippen molar-refractivity contribution >= 4 is 154 Å². The third-order valence-corrected chi connectivity index (χ3v) is 177. The number of aliphatic hydroxyl groups is 4. The molecule has 0 saturated carbocycles. The molecule has 450 valence electrons. The number of nitrogens with zero attached hydrogens (tertiary/aromatic N) is 4. The molecule has 0 spiro atoms. The second kappa shape index (κ2) is 35.2. The van der Waals surface area contributed by atoms with Gasteiger partial charge in [-0.05, 0) is 92.9 Å². The standard InChI is InChI=1S/C22H23ClF3N3O4.C16H13F3N2O5.C12H15ClN2O2.I6/c1-2-33-19-10-15(3-4-16(19)22(24,25)26)28-21(32)29-7-5-13(6-8-29)20-17(23)9-14(11-27-20)18(31)12-30;1-2-25-14-9-10(3-8-13(14)16(17,18)19)20-15(22)26-12-6-4-11(5-7-12)21(23)24;13-10-5-9(11(17)7-16)6-15-12(10)8-1-3-14-4-2-8;1-5(2)6(3)4/h3-5,9-11,18,30-31H,2,6-8,12H2,1H3,(H,28,32);3-9H,2H2,1H3,(H,20,22);1,5-6,11,14,16-17H,2-4,7H2;/t18-;;11-;/m1.1./s1. The molecule has 3 aromatic carbocycles. The van der Waals surface area contributed by atoms with Gasteiger partial charge in [-0.3, -0.25) is 25.4 Å². The van der Waals surface area contributed by atoms with E-state index in [9.17, 15) is 56.3 Å². The van der Waals surface area contributed by atoms with Gasteiger partial charge in [-0.15, -0.1) is 0 Å². The minimum absolute atomic E-state index is 0.0137. The number of rotatable bonds is 15. The summed E-state index contributed by atoms with van der Waals surface area (Å²) in [4.78, 5) is 44.4. The summed E-state index contributed by atoms with van der Waals surface area (Å²) in [5, 5.41) is 56.5. The zero-order valence-electron chi connectivity index (χ0n) is 42.7. The largest absolute Gasteiger partial charge is 0.393 e. The van der Waals surface area contributed by atoms with Crippen molar-refractivity contribution in [3.63, 3.8) is 0 Å². The fraction of sp³-hybridized carbons (Fsp3) is 0.320. The summed E-state index contributed by atoms with van der Waals surface area (Å²) in [5.74, 6) is -0.739. The molecular formula is C50H51Cl2F6I6N7O11. The van der Waals surface area contributed by atoms with Gasteiger partial charge in [0.2, 0.25) is 0 Å². The molecule has 0 fully saturated rings. The van der Waals surface area contributed by atoms with Crippen molar-refractivity contribution in [3.8, 4) is 17.2 Å². The van der Waals surface area contributed by atoms with Crippen molar-refractivity contribution in [2.45, 2.75) is 51.2 Å². The number of anilines is 2. The monoisotopic (exact) mass is 1870 g/mol. The molecule has 2 aromatic heterocycles. The number of nitro benzene ring substituents is 1. The van der Waals surface area contributed by atoms with E-state index in [1.165, 1.54) is 42.3 Å². The molecule has 0 radical (unpaired) electrons. The first-order valence-electron chi connectivity index (χ1n) is 23.7. The van der Waals surface area contributed by atoms with Crippen LogP contribution in [-0.2, 0) is 12.4 Å². The van der Waals surface area contributed by atoms with Gasteiger partial charge in [0.25, 0.3) is 5.69 Å². The molecule has 0 aliphatic carbocycles. The number of aliphatic hydroxyl groups excluding tert-OH is 4. The van der Waals surface area contributed by atoms with Gasteiger partial charge in [-0.25, -0.2) is 9.59 Å². The number of non-ortho nitro benzene ring substituents is 1. The predicted octanol–water partition coefficient (Wildman–Crippen LogP) is 15.6. The van der Waals surface area contributed by atoms with E-state index >= 15 is 0 Å². The van der Waals surface area contributed by atoms with Crippen LogP contribution in [0.15, 0.2) is 97.3 Å². The van der Waals surface area contributed by atoms with Crippen molar-refractivity contribution < 1.29 is 75.5 Å². The molecular weight excluding hydrogens is 1820 g/mol. The normalized spacial score (nSPS) is 14.2. The van der Waals surface area contributed by atoms with Crippen molar-refractivity contribution in [2.75, 3.05) is 63.2 Å². The summed E-state index contributed by atoms with van der Waals surface area (Å²) < 4.78 is 93.0. The fourth-order valence-corrected chi connectivity index (χ4v) is 7.76. The number of aromatic nitrogens is 2. The van der Waals surface area contributed by atoms with E-state index in [1.807, 2.05) is 0 Å². The molecule has 32 heteroatoms. The molecule has 82 heavy (non-hydrogen) atoms. The van der Waals surface area contributed by atoms with Crippen LogP contribution in [0.2, 0.25) is 10.0 Å². The van der Waals surface area contributed by atoms with Crippen molar-refractivity contribution in [2.24, 2.45) is 0 Å². The number of ether oxygens (including phenoxy) is 3. The van der Waals surface area contributed by atoms with E-state index in [0.717, 1.165) is 78.8 Å². The van der Waals surface area contributed by atoms with Crippen LogP contribution in [0.3, 0.4) is 0 Å². The maximum Gasteiger partial charge on any atom is 0.104 e. The Bertz CT molecular complexity index is 3010. The third kappa shape index (κ3) is 23.2. The first kappa shape index (κ1) is 71.8. The molecule has 2 aliphatic rings. The van der Waals surface area contributed by atoms with Gasteiger partial charge in [0.15, 0.2) is 0 Å². The molecule has 18 nitrogen and oxygen atoms in total. The van der Waals surface area contributed by atoms with Gasteiger partial charge >= 0.3 is 115 Å². The minimum atomic E-state index is -4.59. The second-order valence-electron chi connectivity index (χ2n) is 16.5. The van der Waals surface area contributed by atoms with Crippen LogP contribution in [0.1, 0.15) is 72.5 Å². The van der Waals surface area contributed by atoms with E-state index in [0.29, 0.717) is 39.8 Å². The summed E-state index contributed by atoms with van der Waals surface area (Å²) in [5.41, 5.74) is 2.34. The smallest absolute Gasteiger partial charge is 0.104 e. The summed E-state index contributed by atoms with van der Waals surface area (Å²) in [6.07, 6.45) is -3.92. The summed E-state index contributed by atoms with van der Waals surface area (Å²) in [6, 6.07) is 13.5. The maximum atomic E-state index is 13.1. The molecule has 7 rings (SSSR count). The van der Waals surface area contributed by atoms with Crippen LogP contribution in [0.25, 0.3) is 11.1 Å². The Morgan fingerprint density at radius 3 is 1.61 bits per heavy atom. The Balaban J connectivity index is 0.000000262. The van der Waals surface area contributed by atoms with Crippen LogP contribution >= 0.6 is 113 Å². The number of nitrogens with one attached hydrogen (secondary N) is 3. The topological polar surface area (TPSA) is 251 Å². The summed E-state index contributed by atoms with van der Waals surface area (Å²) in [7, 11) is -0.628. The SMILES string of the molecule is CCOc1cc(NC(=O)N2CC=C(c3ncc([C@H](O)CO)cc3Cl)CC2)ccc1C(F)(F)F.CCOc1cc(NC(=O)Oc2ccc([N+](=O)[O-])cc2)ccc1C(F)(F)F.II(I)I(I)I.OC[C@@H](O)c1cnc(C2=CCNCC2)c(Cl)c1. The second-order valence-corrected chi connectivity index (χ2v) is 115. The molecule has 4 heterocycles. The van der Waals surface area contributed by atoms with Gasteiger partial charge < -0.3 is 50.2 Å².